The van der Waals surface area contributed by atoms with E-state index in [9.17, 15) is 4.79 Å². The van der Waals surface area contributed by atoms with Gasteiger partial charge in [-0.15, -0.1) is 0 Å². The minimum Gasteiger partial charge on any atom is -0.303 e. The molecular weight excluding hydrogens is 272 g/mol. The molecule has 0 atom stereocenters. The van der Waals surface area contributed by atoms with Gasteiger partial charge in [0.05, 0.1) is 0 Å². The molecule has 0 saturated carbocycles. The highest BCUT2D eigenvalue weighted by Crippen LogP contribution is 2.10. The molecule has 2 N–H and O–H groups in total. The van der Waals surface area contributed by atoms with E-state index in [1.54, 1.807) is 6.92 Å². The van der Waals surface area contributed by atoms with E-state index in [0.29, 0.717) is 11.3 Å². The molecule has 0 aliphatic heterocycles. The predicted molar refractivity (Wildman–Crippen MR) is 92.5 cm³/mol. The fourth-order valence-corrected chi connectivity index (χ4v) is 1.84. The van der Waals surface area contributed by atoms with Gasteiger partial charge >= 0.3 is 0 Å². The van der Waals surface area contributed by atoms with Crippen LogP contribution in [0.2, 0.25) is 0 Å². The summed E-state index contributed by atoms with van der Waals surface area (Å²) >= 11 is 0. The van der Waals surface area contributed by atoms with Crippen molar-refractivity contribution in [1.29, 1.82) is 0 Å². The maximum absolute atomic E-state index is 11.8. The standard InChI is InChI=1S/C17H18N2O.C2H6/c1-13(2)18-19-17(20)16-10-8-15(9-11-16)12-14-6-4-3-5-7-14;1-2/h3-11,18H,1,12H2,2H3,(H,19,20);1-2H3. The fraction of sp³-hybridized carbons (Fsp3) is 0.211. The summed E-state index contributed by atoms with van der Waals surface area (Å²) in [4.78, 5) is 11.8. The van der Waals surface area contributed by atoms with E-state index in [4.69, 9.17) is 0 Å². The van der Waals surface area contributed by atoms with Crippen LogP contribution in [0.4, 0.5) is 0 Å². The lowest BCUT2D eigenvalue weighted by molar-refractivity contribution is 0.0939. The highest BCUT2D eigenvalue weighted by molar-refractivity contribution is 5.93. The van der Waals surface area contributed by atoms with Crippen molar-refractivity contribution in [3.63, 3.8) is 0 Å². The first-order valence-electron chi connectivity index (χ1n) is 7.50. The van der Waals surface area contributed by atoms with Gasteiger partial charge in [-0.2, -0.15) is 0 Å². The third-order valence-corrected chi connectivity index (χ3v) is 2.86. The van der Waals surface area contributed by atoms with Crippen molar-refractivity contribution in [3.05, 3.63) is 83.6 Å². The molecule has 2 aromatic carbocycles. The number of hydrogen-bond acceptors (Lipinski definition) is 2. The Labute approximate surface area is 133 Å². The third kappa shape index (κ3) is 5.83. The van der Waals surface area contributed by atoms with E-state index in [-0.39, 0.29) is 5.91 Å². The Bertz CT molecular complexity index is 589. The number of nitrogens with one attached hydrogen (secondary N) is 2. The van der Waals surface area contributed by atoms with Gasteiger partial charge in [-0.25, -0.2) is 0 Å². The first-order valence-corrected chi connectivity index (χ1v) is 7.50. The lowest BCUT2D eigenvalue weighted by Crippen LogP contribution is -2.35. The van der Waals surface area contributed by atoms with E-state index in [1.807, 2.05) is 56.3 Å². The number of carbonyl (C=O) groups is 1. The smallest absolute Gasteiger partial charge is 0.269 e. The molecule has 0 heterocycles. The van der Waals surface area contributed by atoms with Gasteiger partial charge in [0.15, 0.2) is 0 Å². The highest BCUT2D eigenvalue weighted by atomic mass is 16.2. The molecular formula is C19H24N2O. The second-order valence-corrected chi connectivity index (χ2v) is 4.72. The predicted octanol–water partition coefficient (Wildman–Crippen LogP) is 4.07. The molecule has 0 aliphatic carbocycles. The Hall–Kier alpha value is -2.55. The van der Waals surface area contributed by atoms with E-state index in [0.717, 1.165) is 6.42 Å². The first-order chi connectivity index (χ1) is 10.6. The zero-order valence-electron chi connectivity index (χ0n) is 13.5. The van der Waals surface area contributed by atoms with Crippen LogP contribution in [-0.4, -0.2) is 5.91 Å². The lowest BCUT2D eigenvalue weighted by atomic mass is 10.0. The summed E-state index contributed by atoms with van der Waals surface area (Å²) in [5, 5.41) is 0. The summed E-state index contributed by atoms with van der Waals surface area (Å²) in [5.74, 6) is -0.167. The van der Waals surface area contributed by atoms with Gasteiger partial charge in [-0.3, -0.25) is 10.2 Å². The average molecular weight is 296 g/mol. The monoisotopic (exact) mass is 296 g/mol. The maximum Gasteiger partial charge on any atom is 0.269 e. The Balaban J connectivity index is 0.00000116. The number of allylic oxidation sites excluding steroid dienone is 1. The SMILES string of the molecule is C=C(C)NNC(=O)c1ccc(Cc2ccccc2)cc1.CC. The number of hydrazine groups is 1. The van der Waals surface area contributed by atoms with Crippen molar-refractivity contribution in [2.45, 2.75) is 27.2 Å². The van der Waals surface area contributed by atoms with Crippen molar-refractivity contribution in [2.24, 2.45) is 0 Å². The number of carbonyl (C=O) groups excluding carboxylic acids is 1. The molecule has 3 nitrogen and oxygen atoms in total. The summed E-state index contributed by atoms with van der Waals surface area (Å²) in [5.41, 5.74) is 9.04. The van der Waals surface area contributed by atoms with Gasteiger partial charge in [0.1, 0.15) is 0 Å². The van der Waals surface area contributed by atoms with E-state index < -0.39 is 0 Å². The molecule has 3 heteroatoms. The van der Waals surface area contributed by atoms with Gasteiger partial charge in [0, 0.05) is 11.3 Å². The molecule has 0 aliphatic rings. The van der Waals surface area contributed by atoms with Crippen molar-refractivity contribution in [2.75, 3.05) is 0 Å². The molecule has 0 radical (unpaired) electrons. The van der Waals surface area contributed by atoms with E-state index in [2.05, 4.69) is 29.6 Å². The van der Waals surface area contributed by atoms with Gasteiger partial charge in [0.25, 0.3) is 5.91 Å². The number of rotatable bonds is 5. The van der Waals surface area contributed by atoms with Crippen LogP contribution in [0.1, 0.15) is 42.3 Å². The maximum atomic E-state index is 11.8. The molecule has 0 spiro atoms. The molecule has 0 unspecified atom stereocenters. The number of hydrogen-bond donors (Lipinski definition) is 2. The second kappa shape index (κ2) is 9.40. The highest BCUT2D eigenvalue weighted by Gasteiger charge is 2.04. The summed E-state index contributed by atoms with van der Waals surface area (Å²) in [6.45, 7) is 9.44. The Morgan fingerprint density at radius 2 is 1.45 bits per heavy atom. The van der Waals surface area contributed by atoms with Crippen LogP contribution < -0.4 is 10.9 Å². The Morgan fingerprint density at radius 3 is 2.00 bits per heavy atom. The molecule has 0 bridgehead atoms. The van der Waals surface area contributed by atoms with Gasteiger partial charge in [0.2, 0.25) is 0 Å². The van der Waals surface area contributed by atoms with Crippen LogP contribution in [0.15, 0.2) is 66.9 Å². The molecule has 0 aromatic heterocycles. The second-order valence-electron chi connectivity index (χ2n) is 4.72. The van der Waals surface area contributed by atoms with Crippen molar-refractivity contribution >= 4 is 5.91 Å². The van der Waals surface area contributed by atoms with Crippen molar-refractivity contribution in [3.8, 4) is 0 Å². The van der Waals surface area contributed by atoms with Gasteiger partial charge < -0.3 is 5.43 Å². The molecule has 1 amide bonds. The van der Waals surface area contributed by atoms with Crippen LogP contribution >= 0.6 is 0 Å². The topological polar surface area (TPSA) is 41.1 Å². The summed E-state index contributed by atoms with van der Waals surface area (Å²) in [6.07, 6.45) is 0.868. The van der Waals surface area contributed by atoms with E-state index in [1.165, 1.54) is 11.1 Å². The summed E-state index contributed by atoms with van der Waals surface area (Å²) in [7, 11) is 0. The summed E-state index contributed by atoms with van der Waals surface area (Å²) < 4.78 is 0. The average Bonchev–Trinajstić information content (AvgIpc) is 2.56. The molecule has 2 rings (SSSR count). The number of amides is 1. The third-order valence-electron chi connectivity index (χ3n) is 2.86. The first kappa shape index (κ1) is 17.5. The normalized spacial score (nSPS) is 9.23. The quantitative estimate of drug-likeness (QED) is 0.817. The largest absolute Gasteiger partial charge is 0.303 e. The zero-order valence-corrected chi connectivity index (χ0v) is 13.5. The van der Waals surface area contributed by atoms with Crippen LogP contribution in [0, 0.1) is 0 Å². The van der Waals surface area contributed by atoms with Crippen LogP contribution in [0.3, 0.4) is 0 Å². The number of benzene rings is 2. The Morgan fingerprint density at radius 1 is 0.909 bits per heavy atom. The zero-order chi connectivity index (χ0) is 16.4. The van der Waals surface area contributed by atoms with Gasteiger partial charge in [-0.1, -0.05) is 62.9 Å². The molecule has 0 saturated heterocycles. The molecule has 0 fully saturated rings. The fourth-order valence-electron chi connectivity index (χ4n) is 1.84. The van der Waals surface area contributed by atoms with Crippen LogP contribution in [0.5, 0.6) is 0 Å². The minimum absolute atomic E-state index is 0.167. The molecule has 116 valence electrons. The molecule has 22 heavy (non-hydrogen) atoms. The van der Waals surface area contributed by atoms with Crippen LogP contribution in [0.25, 0.3) is 0 Å². The van der Waals surface area contributed by atoms with Crippen molar-refractivity contribution in [1.82, 2.24) is 10.9 Å². The lowest BCUT2D eigenvalue weighted by Gasteiger charge is -2.08. The minimum atomic E-state index is -0.167. The summed E-state index contributed by atoms with van der Waals surface area (Å²) in [6, 6.07) is 17.9. The van der Waals surface area contributed by atoms with E-state index >= 15 is 0 Å². The Kier molecular flexibility index (Phi) is 7.48. The van der Waals surface area contributed by atoms with Crippen LogP contribution in [-0.2, 0) is 6.42 Å². The van der Waals surface area contributed by atoms with Gasteiger partial charge in [-0.05, 0) is 36.6 Å². The van der Waals surface area contributed by atoms with Crippen molar-refractivity contribution < 1.29 is 4.79 Å². The molecule has 2 aromatic rings.